The van der Waals surface area contributed by atoms with Gasteiger partial charge >= 0.3 is 0 Å². The van der Waals surface area contributed by atoms with Crippen LogP contribution in [0.2, 0.25) is 0 Å². The first-order valence-corrected chi connectivity index (χ1v) is 7.57. The maximum absolute atomic E-state index is 13.6. The third-order valence-corrected chi connectivity index (χ3v) is 3.59. The Hall–Kier alpha value is -2.83. The van der Waals surface area contributed by atoms with Gasteiger partial charge in [0.05, 0.1) is 18.1 Å². The molecule has 2 heterocycles. The number of hydrogen-bond donors (Lipinski definition) is 1. The topological polar surface area (TPSA) is 55.6 Å². The molecule has 0 aliphatic rings. The van der Waals surface area contributed by atoms with Crippen molar-refractivity contribution in [3.63, 3.8) is 0 Å². The predicted octanol–water partition coefficient (Wildman–Crippen LogP) is 3.21. The molecule has 0 atom stereocenters. The van der Waals surface area contributed by atoms with E-state index in [1.165, 1.54) is 18.2 Å². The first-order valence-electron chi connectivity index (χ1n) is 7.57. The molecule has 0 fully saturated rings. The number of aryl methyl sites for hydroxylation is 2. The second kappa shape index (κ2) is 6.74. The number of halogens is 2. The number of rotatable bonds is 5. The Bertz CT molecular complexity index is 840. The Morgan fingerprint density at radius 2 is 1.88 bits per heavy atom. The molecule has 7 heteroatoms. The molecule has 3 aromatic rings. The smallest absolute Gasteiger partial charge is 0.174 e. The lowest BCUT2D eigenvalue weighted by molar-refractivity contribution is 0.557. The molecule has 5 nitrogen and oxygen atoms in total. The summed E-state index contributed by atoms with van der Waals surface area (Å²) in [5, 5.41) is 7.40. The summed E-state index contributed by atoms with van der Waals surface area (Å²) in [5.74, 6) is 0.0259. The zero-order valence-electron chi connectivity index (χ0n) is 13.4. The SMILES string of the molecule is Cc1cc(C)n(-c2cncc(NCCc3c(F)cccc3F)n2)n1. The van der Waals surface area contributed by atoms with E-state index in [4.69, 9.17) is 0 Å². The predicted molar refractivity (Wildman–Crippen MR) is 87.2 cm³/mol. The highest BCUT2D eigenvalue weighted by atomic mass is 19.1. The lowest BCUT2D eigenvalue weighted by atomic mass is 10.1. The van der Waals surface area contributed by atoms with Gasteiger partial charge in [-0.1, -0.05) is 6.07 Å². The summed E-state index contributed by atoms with van der Waals surface area (Å²) in [6.07, 6.45) is 3.39. The van der Waals surface area contributed by atoms with Crippen LogP contribution in [-0.4, -0.2) is 26.3 Å². The number of benzene rings is 1. The van der Waals surface area contributed by atoms with E-state index in [1.807, 2.05) is 19.9 Å². The van der Waals surface area contributed by atoms with Crippen LogP contribution in [0.5, 0.6) is 0 Å². The molecule has 0 unspecified atom stereocenters. The van der Waals surface area contributed by atoms with E-state index < -0.39 is 11.6 Å². The second-order valence-electron chi connectivity index (χ2n) is 5.48. The van der Waals surface area contributed by atoms with E-state index in [9.17, 15) is 8.78 Å². The maximum Gasteiger partial charge on any atom is 0.174 e. The van der Waals surface area contributed by atoms with E-state index >= 15 is 0 Å². The van der Waals surface area contributed by atoms with Crippen LogP contribution in [-0.2, 0) is 6.42 Å². The Balaban J connectivity index is 1.70. The van der Waals surface area contributed by atoms with Crippen LogP contribution in [0.25, 0.3) is 5.82 Å². The molecule has 0 saturated heterocycles. The van der Waals surface area contributed by atoms with Gasteiger partial charge < -0.3 is 5.32 Å². The average molecular weight is 329 g/mol. The Kier molecular flexibility index (Phi) is 4.50. The van der Waals surface area contributed by atoms with Gasteiger partial charge in [0.25, 0.3) is 0 Å². The normalized spacial score (nSPS) is 10.8. The number of hydrogen-bond acceptors (Lipinski definition) is 4. The molecule has 124 valence electrons. The lowest BCUT2D eigenvalue weighted by Gasteiger charge is -2.09. The molecule has 0 saturated carbocycles. The first-order chi connectivity index (χ1) is 11.5. The fraction of sp³-hybridized carbons (Fsp3) is 0.235. The molecule has 0 aliphatic carbocycles. The number of nitrogens with zero attached hydrogens (tertiary/aromatic N) is 4. The molecule has 1 aromatic carbocycles. The van der Waals surface area contributed by atoms with Crippen LogP contribution in [0.3, 0.4) is 0 Å². The molecule has 2 aromatic heterocycles. The highest BCUT2D eigenvalue weighted by molar-refractivity contribution is 5.37. The molecule has 0 aliphatic heterocycles. The van der Waals surface area contributed by atoms with Crippen molar-refractivity contribution in [1.29, 1.82) is 0 Å². The fourth-order valence-corrected chi connectivity index (χ4v) is 2.49. The number of anilines is 1. The third kappa shape index (κ3) is 3.40. The fourth-order valence-electron chi connectivity index (χ4n) is 2.49. The zero-order chi connectivity index (χ0) is 17.1. The molecule has 24 heavy (non-hydrogen) atoms. The summed E-state index contributed by atoms with van der Waals surface area (Å²) in [6, 6.07) is 5.80. The summed E-state index contributed by atoms with van der Waals surface area (Å²) in [4.78, 5) is 8.57. The van der Waals surface area contributed by atoms with Crippen molar-refractivity contribution in [2.45, 2.75) is 20.3 Å². The van der Waals surface area contributed by atoms with Gasteiger partial charge in [0.2, 0.25) is 0 Å². The lowest BCUT2D eigenvalue weighted by Crippen LogP contribution is -2.11. The van der Waals surface area contributed by atoms with Crippen LogP contribution >= 0.6 is 0 Å². The van der Waals surface area contributed by atoms with Crippen LogP contribution < -0.4 is 5.32 Å². The zero-order valence-corrected chi connectivity index (χ0v) is 13.4. The number of nitrogens with one attached hydrogen (secondary N) is 1. The number of aromatic nitrogens is 4. The van der Waals surface area contributed by atoms with Gasteiger partial charge in [-0.15, -0.1) is 0 Å². The molecule has 0 spiro atoms. The first kappa shape index (κ1) is 16.0. The highest BCUT2D eigenvalue weighted by Crippen LogP contribution is 2.14. The Labute approximate surface area is 138 Å². The van der Waals surface area contributed by atoms with Crippen molar-refractivity contribution in [2.24, 2.45) is 0 Å². The second-order valence-corrected chi connectivity index (χ2v) is 5.48. The Morgan fingerprint density at radius 3 is 2.54 bits per heavy atom. The molecular weight excluding hydrogens is 312 g/mol. The van der Waals surface area contributed by atoms with Crippen molar-refractivity contribution in [3.8, 4) is 5.82 Å². The van der Waals surface area contributed by atoms with Gasteiger partial charge in [0, 0.05) is 17.8 Å². The maximum atomic E-state index is 13.6. The molecule has 1 N–H and O–H groups in total. The third-order valence-electron chi connectivity index (χ3n) is 3.59. The standard InChI is InChI=1S/C17H17F2N5/c1-11-8-12(2)24(23-11)17-10-20-9-16(22-17)21-7-6-13-14(18)4-3-5-15(13)19/h3-5,8-10H,6-7H2,1-2H3,(H,21,22). The molecule has 0 bridgehead atoms. The van der Waals surface area contributed by atoms with Crippen LogP contribution in [0.4, 0.5) is 14.6 Å². The van der Waals surface area contributed by atoms with E-state index in [-0.39, 0.29) is 12.0 Å². The largest absolute Gasteiger partial charge is 0.368 e. The van der Waals surface area contributed by atoms with E-state index in [0.29, 0.717) is 18.2 Å². The molecule has 0 radical (unpaired) electrons. The molecule has 0 amide bonds. The Morgan fingerprint density at radius 1 is 1.12 bits per heavy atom. The molecule has 3 rings (SSSR count). The summed E-state index contributed by atoms with van der Waals surface area (Å²) in [6.45, 7) is 4.18. The minimum atomic E-state index is -0.542. The monoisotopic (exact) mass is 329 g/mol. The van der Waals surface area contributed by atoms with E-state index in [2.05, 4.69) is 20.4 Å². The van der Waals surface area contributed by atoms with Crippen LogP contribution in [0.1, 0.15) is 17.0 Å². The van der Waals surface area contributed by atoms with Crippen molar-refractivity contribution in [1.82, 2.24) is 19.7 Å². The van der Waals surface area contributed by atoms with Crippen LogP contribution in [0.15, 0.2) is 36.7 Å². The van der Waals surface area contributed by atoms with Gasteiger partial charge in [0.15, 0.2) is 5.82 Å². The van der Waals surface area contributed by atoms with Gasteiger partial charge in [-0.25, -0.2) is 18.4 Å². The average Bonchev–Trinajstić information content (AvgIpc) is 2.89. The quantitative estimate of drug-likeness (QED) is 0.781. The minimum Gasteiger partial charge on any atom is -0.368 e. The van der Waals surface area contributed by atoms with Crippen molar-refractivity contribution in [2.75, 3.05) is 11.9 Å². The van der Waals surface area contributed by atoms with Crippen molar-refractivity contribution in [3.05, 3.63) is 65.2 Å². The summed E-state index contributed by atoms with van der Waals surface area (Å²) < 4.78 is 28.9. The van der Waals surface area contributed by atoms with Crippen molar-refractivity contribution < 1.29 is 8.78 Å². The highest BCUT2D eigenvalue weighted by Gasteiger charge is 2.09. The summed E-state index contributed by atoms with van der Waals surface area (Å²) in [5.41, 5.74) is 1.91. The van der Waals surface area contributed by atoms with Gasteiger partial charge in [-0.2, -0.15) is 5.10 Å². The van der Waals surface area contributed by atoms with E-state index in [1.54, 1.807) is 17.1 Å². The van der Waals surface area contributed by atoms with Gasteiger partial charge in [-0.3, -0.25) is 4.98 Å². The van der Waals surface area contributed by atoms with Gasteiger partial charge in [0.1, 0.15) is 17.5 Å². The van der Waals surface area contributed by atoms with E-state index in [0.717, 1.165) is 11.4 Å². The van der Waals surface area contributed by atoms with Gasteiger partial charge in [-0.05, 0) is 38.5 Å². The summed E-state index contributed by atoms with van der Waals surface area (Å²) >= 11 is 0. The summed E-state index contributed by atoms with van der Waals surface area (Å²) in [7, 11) is 0. The molecular formula is C17H17F2N5. The van der Waals surface area contributed by atoms with Crippen molar-refractivity contribution >= 4 is 5.82 Å². The van der Waals surface area contributed by atoms with Crippen LogP contribution in [0, 0.1) is 25.5 Å². The minimum absolute atomic E-state index is 0.0626.